The van der Waals surface area contributed by atoms with Crippen molar-refractivity contribution in [1.29, 1.82) is 0 Å². The molecule has 4 nitrogen and oxygen atoms in total. The molecule has 0 aliphatic carbocycles. The summed E-state index contributed by atoms with van der Waals surface area (Å²) < 4.78 is 40.2. The highest BCUT2D eigenvalue weighted by atomic mass is 32.2. The van der Waals surface area contributed by atoms with E-state index in [-0.39, 0.29) is 4.90 Å². The molecule has 0 aliphatic rings. The molecule has 1 aromatic rings. The Morgan fingerprint density at radius 3 is 2.16 bits per heavy atom. The number of sulfonamides is 1. The Balaban J connectivity index is 3.08. The summed E-state index contributed by atoms with van der Waals surface area (Å²) in [5.74, 6) is -0.453. The molecule has 0 bridgehead atoms. The standard InChI is InChI=1S/C13H20FNO3S/c1-8-5-12(14)6-9(2)13(8)19(17,18)15-10(3)7-11(4)16/h5-6,10-11,15-16H,7H2,1-4H3. The third-order valence-electron chi connectivity index (χ3n) is 2.74. The van der Waals surface area contributed by atoms with E-state index in [1.165, 1.54) is 12.1 Å². The molecule has 1 rings (SSSR count). The molecule has 2 atom stereocenters. The number of benzene rings is 1. The largest absolute Gasteiger partial charge is 0.393 e. The molecule has 0 fully saturated rings. The smallest absolute Gasteiger partial charge is 0.241 e. The van der Waals surface area contributed by atoms with Crippen molar-refractivity contribution in [2.24, 2.45) is 0 Å². The first-order valence-corrected chi connectivity index (χ1v) is 7.59. The molecule has 0 aliphatic heterocycles. The fraction of sp³-hybridized carbons (Fsp3) is 0.538. The van der Waals surface area contributed by atoms with Gasteiger partial charge in [0.25, 0.3) is 0 Å². The predicted octanol–water partition coefficient (Wildman–Crippen LogP) is 1.88. The fourth-order valence-electron chi connectivity index (χ4n) is 2.20. The maximum absolute atomic E-state index is 13.2. The van der Waals surface area contributed by atoms with Gasteiger partial charge in [0.1, 0.15) is 5.82 Å². The minimum Gasteiger partial charge on any atom is -0.393 e. The third kappa shape index (κ3) is 4.26. The van der Waals surface area contributed by atoms with Gasteiger partial charge in [0.2, 0.25) is 10.0 Å². The van der Waals surface area contributed by atoms with Crippen LogP contribution in [-0.2, 0) is 10.0 Å². The van der Waals surface area contributed by atoms with Gasteiger partial charge in [-0.1, -0.05) is 0 Å². The van der Waals surface area contributed by atoms with Crippen molar-refractivity contribution in [3.8, 4) is 0 Å². The molecule has 1 aromatic carbocycles. The van der Waals surface area contributed by atoms with Crippen LogP contribution in [0.3, 0.4) is 0 Å². The number of hydrogen-bond donors (Lipinski definition) is 2. The zero-order valence-electron chi connectivity index (χ0n) is 11.6. The van der Waals surface area contributed by atoms with Gasteiger partial charge in [-0.25, -0.2) is 17.5 Å². The van der Waals surface area contributed by atoms with Gasteiger partial charge in [-0.15, -0.1) is 0 Å². The van der Waals surface area contributed by atoms with Gasteiger partial charge >= 0.3 is 0 Å². The second-order valence-corrected chi connectivity index (χ2v) is 6.63. The number of aryl methyl sites for hydroxylation is 2. The molecule has 2 N–H and O–H groups in total. The van der Waals surface area contributed by atoms with Crippen LogP contribution < -0.4 is 4.72 Å². The van der Waals surface area contributed by atoms with Crippen molar-refractivity contribution in [3.63, 3.8) is 0 Å². The zero-order chi connectivity index (χ0) is 14.8. The second kappa shape index (κ2) is 5.98. The summed E-state index contributed by atoms with van der Waals surface area (Å²) in [4.78, 5) is 0.103. The second-order valence-electron chi connectivity index (χ2n) is 4.98. The molecule has 0 aromatic heterocycles. The van der Waals surface area contributed by atoms with E-state index in [9.17, 15) is 17.9 Å². The molecular formula is C13H20FNO3S. The molecule has 19 heavy (non-hydrogen) atoms. The molecule has 0 amide bonds. The van der Waals surface area contributed by atoms with Crippen LogP contribution in [0.2, 0.25) is 0 Å². The lowest BCUT2D eigenvalue weighted by Gasteiger charge is -2.18. The van der Waals surface area contributed by atoms with Crippen molar-refractivity contribution in [3.05, 3.63) is 29.1 Å². The Kier molecular flexibility index (Phi) is 5.06. The first-order chi connectivity index (χ1) is 8.63. The lowest BCUT2D eigenvalue weighted by atomic mass is 10.1. The van der Waals surface area contributed by atoms with Crippen molar-refractivity contribution in [1.82, 2.24) is 4.72 Å². The number of rotatable bonds is 5. The number of hydrogen-bond acceptors (Lipinski definition) is 3. The van der Waals surface area contributed by atoms with Crippen molar-refractivity contribution >= 4 is 10.0 Å². The molecular weight excluding hydrogens is 269 g/mol. The molecule has 0 saturated carbocycles. The summed E-state index contributed by atoms with van der Waals surface area (Å²) in [5.41, 5.74) is 0.739. The summed E-state index contributed by atoms with van der Waals surface area (Å²) in [7, 11) is -3.71. The van der Waals surface area contributed by atoms with E-state index in [2.05, 4.69) is 4.72 Å². The fourth-order valence-corrected chi connectivity index (χ4v) is 3.91. The highest BCUT2D eigenvalue weighted by Gasteiger charge is 2.22. The lowest BCUT2D eigenvalue weighted by Crippen LogP contribution is -2.35. The van der Waals surface area contributed by atoms with Crippen LogP contribution in [0.25, 0.3) is 0 Å². The summed E-state index contributed by atoms with van der Waals surface area (Å²) in [6.45, 7) is 6.39. The maximum Gasteiger partial charge on any atom is 0.241 e. The topological polar surface area (TPSA) is 66.4 Å². The summed E-state index contributed by atoms with van der Waals surface area (Å²) in [5, 5.41) is 9.25. The van der Waals surface area contributed by atoms with E-state index >= 15 is 0 Å². The molecule has 0 spiro atoms. The van der Waals surface area contributed by atoms with Gasteiger partial charge in [0.15, 0.2) is 0 Å². The quantitative estimate of drug-likeness (QED) is 0.870. The number of halogens is 1. The average molecular weight is 289 g/mol. The zero-order valence-corrected chi connectivity index (χ0v) is 12.4. The highest BCUT2D eigenvalue weighted by Crippen LogP contribution is 2.21. The van der Waals surface area contributed by atoms with Crippen LogP contribution in [0.15, 0.2) is 17.0 Å². The Labute approximate surface area is 113 Å². The predicted molar refractivity (Wildman–Crippen MR) is 72.0 cm³/mol. The number of aliphatic hydroxyl groups excluding tert-OH is 1. The van der Waals surface area contributed by atoms with Crippen LogP contribution in [0, 0.1) is 19.7 Å². The number of aliphatic hydroxyl groups is 1. The lowest BCUT2D eigenvalue weighted by molar-refractivity contribution is 0.175. The van der Waals surface area contributed by atoms with E-state index in [1.54, 1.807) is 27.7 Å². The van der Waals surface area contributed by atoms with Crippen molar-refractivity contribution in [2.75, 3.05) is 0 Å². The van der Waals surface area contributed by atoms with Crippen LogP contribution in [0.4, 0.5) is 4.39 Å². The van der Waals surface area contributed by atoms with Gasteiger partial charge < -0.3 is 5.11 Å². The minimum absolute atomic E-state index is 0.103. The van der Waals surface area contributed by atoms with E-state index in [0.29, 0.717) is 17.5 Å². The maximum atomic E-state index is 13.2. The highest BCUT2D eigenvalue weighted by molar-refractivity contribution is 7.89. The van der Waals surface area contributed by atoms with E-state index in [0.717, 1.165) is 0 Å². The minimum atomic E-state index is -3.71. The van der Waals surface area contributed by atoms with Gasteiger partial charge in [-0.3, -0.25) is 0 Å². The van der Waals surface area contributed by atoms with Crippen LogP contribution in [0.1, 0.15) is 31.4 Å². The average Bonchev–Trinajstić information content (AvgIpc) is 2.10. The van der Waals surface area contributed by atoms with Gasteiger partial charge in [-0.05, 0) is 57.4 Å². The number of nitrogens with one attached hydrogen (secondary N) is 1. The summed E-state index contributed by atoms with van der Waals surface area (Å²) in [6, 6.07) is 2.00. The first-order valence-electron chi connectivity index (χ1n) is 6.10. The molecule has 0 heterocycles. The van der Waals surface area contributed by atoms with Crippen molar-refractivity contribution < 1.29 is 17.9 Å². The van der Waals surface area contributed by atoms with Gasteiger partial charge in [0.05, 0.1) is 11.0 Å². The summed E-state index contributed by atoms with van der Waals surface area (Å²) in [6.07, 6.45) is -0.272. The summed E-state index contributed by atoms with van der Waals surface area (Å²) >= 11 is 0. The molecule has 0 radical (unpaired) electrons. The normalized spacial score (nSPS) is 15.3. The Hall–Kier alpha value is -0.980. The van der Waals surface area contributed by atoms with E-state index < -0.39 is 28.0 Å². The monoisotopic (exact) mass is 289 g/mol. The van der Waals surface area contributed by atoms with Gasteiger partial charge in [0, 0.05) is 6.04 Å². The van der Waals surface area contributed by atoms with Crippen molar-refractivity contribution in [2.45, 2.75) is 51.2 Å². The van der Waals surface area contributed by atoms with Crippen LogP contribution >= 0.6 is 0 Å². The Morgan fingerprint density at radius 2 is 1.74 bits per heavy atom. The van der Waals surface area contributed by atoms with E-state index in [1.807, 2.05) is 0 Å². The van der Waals surface area contributed by atoms with Gasteiger partial charge in [-0.2, -0.15) is 0 Å². The molecule has 0 saturated heterocycles. The molecule has 108 valence electrons. The molecule has 6 heteroatoms. The molecule has 2 unspecified atom stereocenters. The van der Waals surface area contributed by atoms with Crippen LogP contribution in [0.5, 0.6) is 0 Å². The Morgan fingerprint density at radius 1 is 1.26 bits per heavy atom. The van der Waals surface area contributed by atoms with E-state index in [4.69, 9.17) is 0 Å². The first kappa shape index (κ1) is 16.1. The Bertz CT molecular complexity index is 532. The van der Waals surface area contributed by atoms with Crippen LogP contribution in [-0.4, -0.2) is 25.7 Å². The third-order valence-corrected chi connectivity index (χ3v) is 4.64. The SMILES string of the molecule is Cc1cc(F)cc(C)c1S(=O)(=O)NC(C)CC(C)O.